The lowest BCUT2D eigenvalue weighted by Crippen LogP contribution is -2.35. The van der Waals surface area contributed by atoms with Crippen LogP contribution in [0.2, 0.25) is 0 Å². The van der Waals surface area contributed by atoms with E-state index in [9.17, 15) is 15.0 Å². The highest BCUT2D eigenvalue weighted by Crippen LogP contribution is 2.25. The molecule has 0 amide bonds. The number of nitrogens with two attached hydrogens (primary N) is 1. The molecule has 0 aliphatic rings. The molecule has 1 heterocycles. The van der Waals surface area contributed by atoms with Crippen LogP contribution in [0, 0.1) is 0 Å². The molecule has 0 fully saturated rings. The van der Waals surface area contributed by atoms with Crippen LogP contribution < -0.4 is 16.5 Å². The summed E-state index contributed by atoms with van der Waals surface area (Å²) in [6.07, 6.45) is 2.78. The van der Waals surface area contributed by atoms with Gasteiger partial charge in [-0.25, -0.2) is 15.6 Å². The molecule has 0 unspecified atom stereocenters. The van der Waals surface area contributed by atoms with Crippen molar-refractivity contribution in [3.63, 3.8) is 0 Å². The Balaban J connectivity index is 2.41. The first-order valence-electron chi connectivity index (χ1n) is 5.64. The number of phenolic OH excluding ortho intramolecular Hbond substituents is 2. The largest absolute Gasteiger partial charge is 0.504 e. The van der Waals surface area contributed by atoms with E-state index in [1.165, 1.54) is 29.5 Å². The van der Waals surface area contributed by atoms with Gasteiger partial charge in [0.1, 0.15) is 6.33 Å². The molecule has 2 aromatic rings. The zero-order valence-electron chi connectivity index (χ0n) is 10.5. The highest BCUT2D eigenvalue weighted by molar-refractivity contribution is 5.47. The second kappa shape index (κ2) is 5.41. The number of benzene rings is 1. The maximum absolute atomic E-state index is 11.9. The Kier molecular flexibility index (Phi) is 3.67. The van der Waals surface area contributed by atoms with Crippen LogP contribution in [-0.2, 0) is 0 Å². The molecule has 4 N–H and O–H groups in total. The van der Waals surface area contributed by atoms with Crippen molar-refractivity contribution in [3.05, 3.63) is 47.7 Å². The van der Waals surface area contributed by atoms with E-state index in [4.69, 9.17) is 5.84 Å². The molecule has 1 aromatic carbocycles. The average Bonchev–Trinajstić information content (AvgIpc) is 2.42. The summed E-state index contributed by atoms with van der Waals surface area (Å²) >= 11 is 0. The quantitative estimate of drug-likeness (QED) is 0.309. The molecular formula is C12H13N5O3. The van der Waals surface area contributed by atoms with E-state index in [0.29, 0.717) is 12.2 Å². The van der Waals surface area contributed by atoms with E-state index in [2.05, 4.69) is 16.5 Å². The van der Waals surface area contributed by atoms with Crippen molar-refractivity contribution in [3.8, 4) is 17.2 Å². The van der Waals surface area contributed by atoms with Crippen LogP contribution in [0.5, 0.6) is 11.5 Å². The van der Waals surface area contributed by atoms with Crippen molar-refractivity contribution in [1.82, 2.24) is 14.5 Å². The summed E-state index contributed by atoms with van der Waals surface area (Å²) in [5.74, 6) is 5.07. The first-order valence-corrected chi connectivity index (χ1v) is 5.64. The van der Waals surface area contributed by atoms with Crippen molar-refractivity contribution in [2.75, 3.05) is 11.6 Å². The molecule has 0 aliphatic carbocycles. The van der Waals surface area contributed by atoms with Gasteiger partial charge in [0.2, 0.25) is 5.95 Å². The lowest BCUT2D eigenvalue weighted by atomic mass is 10.3. The maximum Gasteiger partial charge on any atom is 0.356 e. The van der Waals surface area contributed by atoms with E-state index >= 15 is 0 Å². The molecule has 0 saturated heterocycles. The number of aromatic nitrogens is 3. The van der Waals surface area contributed by atoms with Gasteiger partial charge in [0.15, 0.2) is 11.5 Å². The summed E-state index contributed by atoms with van der Waals surface area (Å²) in [5.41, 5.74) is -0.288. The van der Waals surface area contributed by atoms with Crippen LogP contribution in [0.4, 0.5) is 5.95 Å². The monoisotopic (exact) mass is 275 g/mol. The fraction of sp³-hybridized carbons (Fsp3) is 0.0833. The molecule has 8 nitrogen and oxygen atoms in total. The minimum Gasteiger partial charge on any atom is -0.504 e. The normalized spacial score (nSPS) is 10.2. The van der Waals surface area contributed by atoms with Crippen LogP contribution in [-0.4, -0.2) is 31.3 Å². The Morgan fingerprint density at radius 2 is 2.15 bits per heavy atom. The Hall–Kier alpha value is -2.87. The second-order valence-electron chi connectivity index (χ2n) is 3.92. The number of rotatable bonds is 4. The number of anilines is 1. The molecule has 0 saturated carbocycles. The van der Waals surface area contributed by atoms with Crippen molar-refractivity contribution in [2.45, 2.75) is 0 Å². The van der Waals surface area contributed by atoms with Crippen molar-refractivity contribution >= 4 is 5.95 Å². The number of hydrogen-bond donors (Lipinski definition) is 3. The minimum absolute atomic E-state index is 0.0640. The Morgan fingerprint density at radius 3 is 2.75 bits per heavy atom. The molecule has 2 rings (SSSR count). The van der Waals surface area contributed by atoms with Gasteiger partial charge in [-0.1, -0.05) is 6.08 Å². The van der Waals surface area contributed by atoms with Gasteiger partial charge in [0.05, 0.1) is 12.2 Å². The SMILES string of the molecule is C=CCN(N)c1ncn(-c2ccc(O)c(O)c2)c(=O)n1. The summed E-state index contributed by atoms with van der Waals surface area (Å²) in [5, 5.41) is 19.8. The van der Waals surface area contributed by atoms with Crippen LogP contribution in [0.25, 0.3) is 5.69 Å². The highest BCUT2D eigenvalue weighted by atomic mass is 16.3. The van der Waals surface area contributed by atoms with Crippen molar-refractivity contribution in [1.29, 1.82) is 0 Å². The predicted octanol–water partition coefficient (Wildman–Crippen LogP) is -0.0952. The predicted molar refractivity (Wildman–Crippen MR) is 72.7 cm³/mol. The van der Waals surface area contributed by atoms with Gasteiger partial charge in [-0.05, 0) is 12.1 Å². The number of phenols is 2. The number of hydrogen-bond acceptors (Lipinski definition) is 7. The van der Waals surface area contributed by atoms with Crippen LogP contribution in [0.15, 0.2) is 42.0 Å². The van der Waals surface area contributed by atoms with E-state index in [-0.39, 0.29) is 17.4 Å². The van der Waals surface area contributed by atoms with Gasteiger partial charge in [-0.3, -0.25) is 9.58 Å². The van der Waals surface area contributed by atoms with E-state index < -0.39 is 5.69 Å². The summed E-state index contributed by atoms with van der Waals surface area (Å²) in [4.78, 5) is 19.6. The summed E-state index contributed by atoms with van der Waals surface area (Å²) in [7, 11) is 0. The standard InChI is InChI=1S/C12H13N5O3/c1-2-5-17(13)11-14-7-16(12(20)15-11)8-3-4-9(18)10(19)6-8/h2-4,6-7,18-19H,1,5,13H2. The second-order valence-corrected chi connectivity index (χ2v) is 3.92. The van der Waals surface area contributed by atoms with E-state index in [1.807, 2.05) is 0 Å². The maximum atomic E-state index is 11.9. The van der Waals surface area contributed by atoms with Gasteiger partial charge in [-0.2, -0.15) is 4.98 Å². The first-order chi connectivity index (χ1) is 9.52. The topological polar surface area (TPSA) is 118 Å². The fourth-order valence-corrected chi connectivity index (χ4v) is 1.52. The zero-order chi connectivity index (χ0) is 14.7. The third kappa shape index (κ3) is 2.59. The molecule has 20 heavy (non-hydrogen) atoms. The van der Waals surface area contributed by atoms with Crippen LogP contribution in [0.3, 0.4) is 0 Å². The minimum atomic E-state index is -0.611. The zero-order valence-corrected chi connectivity index (χ0v) is 10.5. The van der Waals surface area contributed by atoms with Crippen molar-refractivity contribution < 1.29 is 10.2 Å². The number of hydrazine groups is 1. The summed E-state index contributed by atoms with van der Waals surface area (Å²) < 4.78 is 1.12. The molecule has 0 atom stereocenters. The Labute approximate surface area is 114 Å². The first kappa shape index (κ1) is 13.6. The van der Waals surface area contributed by atoms with Gasteiger partial charge < -0.3 is 10.2 Å². The molecule has 0 radical (unpaired) electrons. The number of aromatic hydroxyl groups is 2. The lowest BCUT2D eigenvalue weighted by Gasteiger charge is -2.14. The van der Waals surface area contributed by atoms with Crippen LogP contribution in [0.1, 0.15) is 0 Å². The van der Waals surface area contributed by atoms with Crippen molar-refractivity contribution in [2.24, 2.45) is 5.84 Å². The van der Waals surface area contributed by atoms with Gasteiger partial charge in [0, 0.05) is 6.07 Å². The molecule has 0 aliphatic heterocycles. The van der Waals surface area contributed by atoms with Gasteiger partial charge in [0.25, 0.3) is 0 Å². The molecule has 0 spiro atoms. The Morgan fingerprint density at radius 1 is 1.40 bits per heavy atom. The van der Waals surface area contributed by atoms with E-state index in [1.54, 1.807) is 6.08 Å². The lowest BCUT2D eigenvalue weighted by molar-refractivity contribution is 0.403. The average molecular weight is 275 g/mol. The molecule has 0 bridgehead atoms. The Bertz CT molecular complexity index is 698. The van der Waals surface area contributed by atoms with Gasteiger partial charge in [-0.15, -0.1) is 6.58 Å². The number of nitrogens with zero attached hydrogens (tertiary/aromatic N) is 4. The smallest absolute Gasteiger partial charge is 0.356 e. The summed E-state index contributed by atoms with van der Waals surface area (Å²) in [6.45, 7) is 3.81. The van der Waals surface area contributed by atoms with Crippen LogP contribution >= 0.6 is 0 Å². The molecule has 104 valence electrons. The third-order valence-corrected chi connectivity index (χ3v) is 2.51. The third-order valence-electron chi connectivity index (χ3n) is 2.51. The molecule has 8 heteroatoms. The molecule has 1 aromatic heterocycles. The highest BCUT2D eigenvalue weighted by Gasteiger charge is 2.09. The van der Waals surface area contributed by atoms with Gasteiger partial charge >= 0.3 is 5.69 Å². The summed E-state index contributed by atoms with van der Waals surface area (Å²) in [6, 6.07) is 3.94. The fourth-order valence-electron chi connectivity index (χ4n) is 1.52. The molecular weight excluding hydrogens is 262 g/mol. The van der Waals surface area contributed by atoms with E-state index in [0.717, 1.165) is 4.57 Å².